The average molecular weight is 491 g/mol. The zero-order valence-corrected chi connectivity index (χ0v) is 18.3. The molecule has 0 aromatic carbocycles. The molecule has 0 spiro atoms. The molecule has 2 amide bonds. The third-order valence-electron chi connectivity index (χ3n) is 2.95. The van der Waals surface area contributed by atoms with Crippen LogP contribution < -0.4 is 16.4 Å². The van der Waals surface area contributed by atoms with Crippen LogP contribution in [0.15, 0.2) is 0 Å². The number of rotatable bonds is 12. The minimum atomic E-state index is -1.25. The van der Waals surface area contributed by atoms with Gasteiger partial charge in [-0.25, -0.2) is 8.15 Å². The first-order valence-electron chi connectivity index (χ1n) is 7.72. The van der Waals surface area contributed by atoms with E-state index in [-0.39, 0.29) is 24.3 Å². The van der Waals surface area contributed by atoms with Gasteiger partial charge in [-0.1, -0.05) is 25.2 Å². The highest BCUT2D eigenvalue weighted by Gasteiger charge is 2.26. The van der Waals surface area contributed by atoms with Crippen LogP contribution in [0.25, 0.3) is 0 Å². The van der Waals surface area contributed by atoms with Crippen molar-refractivity contribution < 1.29 is 42.6 Å². The van der Waals surface area contributed by atoms with Crippen molar-refractivity contribution in [1.82, 2.24) is 10.6 Å². The van der Waals surface area contributed by atoms with E-state index in [4.69, 9.17) is 21.1 Å². The van der Waals surface area contributed by atoms with E-state index in [0.29, 0.717) is 3.35 Å². The zero-order chi connectivity index (χ0) is 23.1. The molecule has 0 aromatic rings. The molecule has 0 radical (unpaired) electrons. The molecule has 0 aromatic heterocycles. The van der Waals surface area contributed by atoms with Gasteiger partial charge in [-0.05, 0) is 0 Å². The molecule has 0 rings (SSSR count). The number of nitrogens with two attached hydrogens (primary N) is 1. The van der Waals surface area contributed by atoms with Gasteiger partial charge in [0.15, 0.2) is 0 Å². The number of carbonyl (C=O) groups excluding carboxylic acids is 2. The molecule has 0 saturated carbocycles. The van der Waals surface area contributed by atoms with Gasteiger partial charge in [0.25, 0.3) is 0 Å². The standard InChI is InChI=1S/C10H15N3O6S3.C3H7NO2S/c14-7(2-1-6(10(18)19)13(21)22)12-5(4-20)9(17)11-3-8(15)16;4-2(1-7)3(5)6/h5-6,20H,1-4H2,(H,11,17)(H,12,14)(H,15,16)(H,18,19);2,7H,1,4H2,(H,5,6). The predicted molar refractivity (Wildman–Crippen MR) is 112 cm³/mol. The highest BCUT2D eigenvalue weighted by Crippen LogP contribution is 2.02. The maximum Gasteiger partial charge on any atom is 0.372 e. The summed E-state index contributed by atoms with van der Waals surface area (Å²) in [5.74, 6) is -4.63. The lowest BCUT2D eigenvalue weighted by molar-refractivity contribution is -0.357. The molecule has 12 nitrogen and oxygen atoms in total. The van der Waals surface area contributed by atoms with E-state index in [1.54, 1.807) is 0 Å². The summed E-state index contributed by atoms with van der Waals surface area (Å²) in [5.41, 5.74) is 4.94. The Morgan fingerprint density at radius 1 is 1.07 bits per heavy atom. The highest BCUT2D eigenvalue weighted by molar-refractivity contribution is 7.80. The van der Waals surface area contributed by atoms with E-state index >= 15 is 0 Å². The largest absolute Gasteiger partial charge is 0.480 e. The Balaban J connectivity index is 0. The summed E-state index contributed by atoms with van der Waals surface area (Å²) in [6, 6.07) is -3.02. The number of carbonyl (C=O) groups is 5. The van der Waals surface area contributed by atoms with Crippen LogP contribution in [0, 0.1) is 0 Å². The molecule has 0 aliphatic rings. The van der Waals surface area contributed by atoms with Crippen LogP contribution in [-0.2, 0) is 49.2 Å². The van der Waals surface area contributed by atoms with Crippen molar-refractivity contribution in [2.75, 3.05) is 18.1 Å². The maximum absolute atomic E-state index is 11.7. The van der Waals surface area contributed by atoms with Crippen LogP contribution in [-0.4, -0.2) is 84.6 Å². The molecular formula is C13H22N4O8S4. The predicted octanol–water partition coefficient (Wildman–Crippen LogP) is -2.63. The van der Waals surface area contributed by atoms with Crippen molar-refractivity contribution in [2.24, 2.45) is 5.73 Å². The Labute approximate surface area is 188 Å². The quantitative estimate of drug-likeness (QED) is 0.0808. The first-order chi connectivity index (χ1) is 13.4. The van der Waals surface area contributed by atoms with Crippen molar-refractivity contribution in [1.29, 1.82) is 0 Å². The van der Waals surface area contributed by atoms with Crippen molar-refractivity contribution >= 4 is 80.2 Å². The Kier molecular flexibility index (Phi) is 16.3. The lowest BCUT2D eigenvalue weighted by atomic mass is 10.1. The number of nitrogens with one attached hydrogen (secondary N) is 2. The second-order valence-corrected chi connectivity index (χ2v) is 6.97. The molecule has 0 bridgehead atoms. The number of aliphatic carboxylic acids is 3. The zero-order valence-electron chi connectivity index (χ0n) is 14.9. The summed E-state index contributed by atoms with van der Waals surface area (Å²) in [5, 5.41) is 29.7. The van der Waals surface area contributed by atoms with Gasteiger partial charge in [0, 0.05) is 24.3 Å². The molecule has 0 aliphatic heterocycles. The van der Waals surface area contributed by atoms with Crippen LogP contribution in [0.2, 0.25) is 0 Å². The molecule has 3 unspecified atom stereocenters. The number of carboxylic acids is 3. The van der Waals surface area contributed by atoms with Crippen molar-refractivity contribution in [3.05, 3.63) is 0 Å². The second kappa shape index (κ2) is 16.1. The Hall–Kier alpha value is -1.75. The molecule has 7 N–H and O–H groups in total. The summed E-state index contributed by atoms with van der Waals surface area (Å²) in [7, 11) is 0. The normalized spacial score (nSPS) is 12.9. The van der Waals surface area contributed by atoms with Crippen LogP contribution in [0.1, 0.15) is 12.8 Å². The molecular weight excluding hydrogens is 468 g/mol. The molecule has 29 heavy (non-hydrogen) atoms. The number of hydrogen-bond acceptors (Lipinski definition) is 10. The molecule has 3 atom stereocenters. The Morgan fingerprint density at radius 2 is 1.62 bits per heavy atom. The fourth-order valence-electron chi connectivity index (χ4n) is 1.41. The van der Waals surface area contributed by atoms with E-state index in [1.807, 2.05) is 0 Å². The number of thiol groups is 2. The lowest BCUT2D eigenvalue weighted by Gasteiger charge is -2.16. The highest BCUT2D eigenvalue weighted by atomic mass is 32.2. The van der Waals surface area contributed by atoms with Crippen molar-refractivity contribution in [2.45, 2.75) is 31.0 Å². The Morgan fingerprint density at radius 3 is 1.93 bits per heavy atom. The van der Waals surface area contributed by atoms with Crippen LogP contribution in [0.4, 0.5) is 0 Å². The van der Waals surface area contributed by atoms with Gasteiger partial charge in [-0.3, -0.25) is 19.2 Å². The van der Waals surface area contributed by atoms with Gasteiger partial charge < -0.3 is 31.7 Å². The van der Waals surface area contributed by atoms with Gasteiger partial charge in [0.1, 0.15) is 18.6 Å². The number of amides is 2. The van der Waals surface area contributed by atoms with Crippen molar-refractivity contribution in [3.8, 4) is 0 Å². The van der Waals surface area contributed by atoms with E-state index in [0.717, 1.165) is 0 Å². The summed E-state index contributed by atoms with van der Waals surface area (Å²) in [4.78, 5) is 54.2. The van der Waals surface area contributed by atoms with E-state index in [2.05, 4.69) is 61.1 Å². The van der Waals surface area contributed by atoms with Gasteiger partial charge >= 0.3 is 17.9 Å². The monoisotopic (exact) mass is 490 g/mol. The maximum atomic E-state index is 11.7. The third-order valence-corrected chi connectivity index (χ3v) is 4.21. The first kappa shape index (κ1) is 29.5. The third kappa shape index (κ3) is 14.8. The summed E-state index contributed by atoms with van der Waals surface area (Å²) >= 11 is 16.6. The number of nitrogens with zero attached hydrogens (tertiary/aromatic N) is 1. The molecule has 0 heterocycles. The van der Waals surface area contributed by atoms with E-state index < -0.39 is 54.4 Å². The van der Waals surface area contributed by atoms with Gasteiger partial charge in [-0.15, -0.1) is 0 Å². The van der Waals surface area contributed by atoms with Crippen LogP contribution >= 0.6 is 25.3 Å². The number of carboxylic acid groups (broad SMARTS) is 3. The van der Waals surface area contributed by atoms with Gasteiger partial charge in [-0.2, -0.15) is 25.3 Å². The molecule has 166 valence electrons. The first-order valence-corrected chi connectivity index (χ1v) is 9.72. The number of hydrogen-bond donors (Lipinski definition) is 8. The summed E-state index contributed by atoms with van der Waals surface area (Å²) < 4.78 is 0.644. The minimum absolute atomic E-state index is 0.0479. The molecule has 0 aliphatic carbocycles. The molecule has 0 fully saturated rings. The van der Waals surface area contributed by atoms with E-state index in [1.165, 1.54) is 0 Å². The molecule has 16 heteroatoms. The van der Waals surface area contributed by atoms with Crippen LogP contribution in [0.5, 0.6) is 0 Å². The Bertz CT molecular complexity index is 608. The second-order valence-electron chi connectivity index (χ2n) is 5.22. The SMILES string of the molecule is NC(CS)C(=O)O.O=C(O)CNC(=O)C(CS)NC(=O)CCC(C(=O)O)[N+](=S)[S-]. The summed E-state index contributed by atoms with van der Waals surface area (Å²) in [6.45, 7) is -0.582. The van der Waals surface area contributed by atoms with Crippen molar-refractivity contribution in [3.63, 3.8) is 0 Å². The fraction of sp³-hybridized carbons (Fsp3) is 0.615. The van der Waals surface area contributed by atoms with Crippen LogP contribution in [0.3, 0.4) is 0 Å². The average Bonchev–Trinajstić information content (AvgIpc) is 2.63. The minimum Gasteiger partial charge on any atom is -0.480 e. The van der Waals surface area contributed by atoms with Gasteiger partial charge in [0.2, 0.25) is 17.9 Å². The van der Waals surface area contributed by atoms with Gasteiger partial charge in [0.05, 0.1) is 0 Å². The van der Waals surface area contributed by atoms with E-state index in [9.17, 15) is 24.0 Å². The fourth-order valence-corrected chi connectivity index (χ4v) is 2.22. The lowest BCUT2D eigenvalue weighted by Crippen LogP contribution is -2.49. The molecule has 0 saturated heterocycles. The smallest absolute Gasteiger partial charge is 0.372 e. The topological polar surface area (TPSA) is 199 Å². The summed E-state index contributed by atoms with van der Waals surface area (Å²) in [6.07, 6.45) is -0.332.